The van der Waals surface area contributed by atoms with E-state index < -0.39 is 0 Å². The standard InChI is InChI=1S/C16H28N2/c1-14-9-6-7-10-15(14)13-18(5)12-8-11-17-16(2,3)4/h6-7,9-10,17H,8,11-13H2,1-5H3. The molecule has 0 fully saturated rings. The second-order valence-electron chi connectivity index (χ2n) is 6.19. The van der Waals surface area contributed by atoms with E-state index in [1.165, 1.54) is 17.5 Å². The van der Waals surface area contributed by atoms with Gasteiger partial charge in [0.1, 0.15) is 0 Å². The van der Waals surface area contributed by atoms with Gasteiger partial charge in [-0.1, -0.05) is 24.3 Å². The zero-order chi connectivity index (χ0) is 13.6. The smallest absolute Gasteiger partial charge is 0.0233 e. The predicted molar refractivity (Wildman–Crippen MR) is 79.9 cm³/mol. The Balaban J connectivity index is 2.26. The predicted octanol–water partition coefficient (Wildman–Crippen LogP) is 3.21. The second-order valence-corrected chi connectivity index (χ2v) is 6.19. The lowest BCUT2D eigenvalue weighted by Crippen LogP contribution is -2.37. The van der Waals surface area contributed by atoms with Crippen LogP contribution in [0.1, 0.15) is 38.3 Å². The first-order valence-electron chi connectivity index (χ1n) is 6.86. The van der Waals surface area contributed by atoms with Gasteiger partial charge < -0.3 is 10.2 Å². The van der Waals surface area contributed by atoms with E-state index >= 15 is 0 Å². The molecule has 0 saturated carbocycles. The molecule has 1 rings (SSSR count). The van der Waals surface area contributed by atoms with Crippen LogP contribution in [0.3, 0.4) is 0 Å². The van der Waals surface area contributed by atoms with Crippen LogP contribution in [-0.4, -0.2) is 30.6 Å². The molecule has 102 valence electrons. The van der Waals surface area contributed by atoms with E-state index in [1.54, 1.807) is 0 Å². The van der Waals surface area contributed by atoms with Gasteiger partial charge in [-0.3, -0.25) is 0 Å². The Kier molecular flexibility index (Phi) is 5.83. The maximum absolute atomic E-state index is 3.53. The first kappa shape index (κ1) is 15.2. The third-order valence-electron chi connectivity index (χ3n) is 3.07. The Morgan fingerprint density at radius 3 is 2.44 bits per heavy atom. The lowest BCUT2D eigenvalue weighted by atomic mass is 10.1. The van der Waals surface area contributed by atoms with Gasteiger partial charge in [0, 0.05) is 12.1 Å². The highest BCUT2D eigenvalue weighted by Gasteiger charge is 2.08. The van der Waals surface area contributed by atoms with Gasteiger partial charge in [-0.2, -0.15) is 0 Å². The molecule has 18 heavy (non-hydrogen) atoms. The third-order valence-corrected chi connectivity index (χ3v) is 3.07. The quantitative estimate of drug-likeness (QED) is 0.778. The van der Waals surface area contributed by atoms with Crippen LogP contribution < -0.4 is 5.32 Å². The molecule has 2 nitrogen and oxygen atoms in total. The molecule has 2 heteroatoms. The fourth-order valence-corrected chi connectivity index (χ4v) is 1.97. The lowest BCUT2D eigenvalue weighted by molar-refractivity contribution is 0.309. The zero-order valence-electron chi connectivity index (χ0n) is 12.6. The fraction of sp³-hybridized carbons (Fsp3) is 0.625. The first-order chi connectivity index (χ1) is 8.38. The Hall–Kier alpha value is -0.860. The Bertz CT molecular complexity index is 352. The molecule has 0 spiro atoms. The molecule has 0 aliphatic carbocycles. The Labute approximate surface area is 112 Å². The molecule has 1 aromatic carbocycles. The van der Waals surface area contributed by atoms with Crippen molar-refractivity contribution in [3.63, 3.8) is 0 Å². The van der Waals surface area contributed by atoms with Crippen LogP contribution in [-0.2, 0) is 6.54 Å². The second kappa shape index (κ2) is 6.91. The van der Waals surface area contributed by atoms with Crippen LogP contribution in [0.15, 0.2) is 24.3 Å². The minimum absolute atomic E-state index is 0.231. The van der Waals surface area contributed by atoms with E-state index in [9.17, 15) is 0 Å². The number of hydrogen-bond acceptors (Lipinski definition) is 2. The summed E-state index contributed by atoms with van der Waals surface area (Å²) in [6.07, 6.45) is 1.19. The molecule has 0 heterocycles. The average Bonchev–Trinajstić information content (AvgIpc) is 2.26. The van der Waals surface area contributed by atoms with Gasteiger partial charge in [-0.25, -0.2) is 0 Å². The molecule has 0 bridgehead atoms. The number of nitrogens with zero attached hydrogens (tertiary/aromatic N) is 1. The van der Waals surface area contributed by atoms with E-state index in [2.05, 4.69) is 69.2 Å². The average molecular weight is 248 g/mol. The number of hydrogen-bond donors (Lipinski definition) is 1. The summed E-state index contributed by atoms with van der Waals surface area (Å²) in [5.41, 5.74) is 3.05. The molecule has 1 N–H and O–H groups in total. The summed E-state index contributed by atoms with van der Waals surface area (Å²) in [6.45, 7) is 12.1. The molecular weight excluding hydrogens is 220 g/mol. The minimum atomic E-state index is 0.231. The molecule has 1 aromatic rings. The van der Waals surface area contributed by atoms with Gasteiger partial charge in [0.05, 0.1) is 0 Å². The zero-order valence-corrected chi connectivity index (χ0v) is 12.6. The minimum Gasteiger partial charge on any atom is -0.312 e. The van der Waals surface area contributed by atoms with Crippen molar-refractivity contribution in [1.82, 2.24) is 10.2 Å². The Morgan fingerprint density at radius 1 is 1.17 bits per heavy atom. The van der Waals surface area contributed by atoms with Crippen LogP contribution in [0.25, 0.3) is 0 Å². The highest BCUT2D eigenvalue weighted by atomic mass is 15.1. The molecular formula is C16H28N2. The number of rotatable bonds is 6. The number of aryl methyl sites for hydroxylation is 1. The molecule has 0 saturated heterocycles. The van der Waals surface area contributed by atoms with Gasteiger partial charge in [0.25, 0.3) is 0 Å². The van der Waals surface area contributed by atoms with Crippen molar-refractivity contribution in [3.8, 4) is 0 Å². The fourth-order valence-electron chi connectivity index (χ4n) is 1.97. The summed E-state index contributed by atoms with van der Waals surface area (Å²) < 4.78 is 0. The van der Waals surface area contributed by atoms with Crippen molar-refractivity contribution in [2.24, 2.45) is 0 Å². The highest BCUT2D eigenvalue weighted by molar-refractivity contribution is 5.25. The van der Waals surface area contributed by atoms with Gasteiger partial charge in [0.15, 0.2) is 0 Å². The Morgan fingerprint density at radius 2 is 1.83 bits per heavy atom. The molecule has 0 amide bonds. The van der Waals surface area contributed by atoms with E-state index in [-0.39, 0.29) is 5.54 Å². The van der Waals surface area contributed by atoms with Crippen molar-refractivity contribution < 1.29 is 0 Å². The van der Waals surface area contributed by atoms with E-state index in [4.69, 9.17) is 0 Å². The maximum atomic E-state index is 3.53. The highest BCUT2D eigenvalue weighted by Crippen LogP contribution is 2.09. The number of nitrogens with one attached hydrogen (secondary N) is 1. The molecule has 0 unspecified atom stereocenters. The monoisotopic (exact) mass is 248 g/mol. The largest absolute Gasteiger partial charge is 0.312 e. The molecule has 0 aliphatic heterocycles. The van der Waals surface area contributed by atoms with Gasteiger partial charge >= 0.3 is 0 Å². The van der Waals surface area contributed by atoms with E-state index in [0.29, 0.717) is 0 Å². The lowest BCUT2D eigenvalue weighted by Gasteiger charge is -2.22. The van der Waals surface area contributed by atoms with E-state index in [0.717, 1.165) is 19.6 Å². The van der Waals surface area contributed by atoms with Crippen LogP contribution in [0.4, 0.5) is 0 Å². The van der Waals surface area contributed by atoms with Crippen molar-refractivity contribution in [1.29, 1.82) is 0 Å². The summed E-state index contributed by atoms with van der Waals surface area (Å²) in [6, 6.07) is 8.63. The SMILES string of the molecule is Cc1ccccc1CN(C)CCCNC(C)(C)C. The van der Waals surface area contributed by atoms with E-state index in [1.807, 2.05) is 0 Å². The van der Waals surface area contributed by atoms with Crippen molar-refractivity contribution in [2.45, 2.75) is 46.2 Å². The molecule has 0 aromatic heterocycles. The van der Waals surface area contributed by atoms with Crippen LogP contribution in [0.2, 0.25) is 0 Å². The maximum Gasteiger partial charge on any atom is 0.0233 e. The number of benzene rings is 1. The summed E-state index contributed by atoms with van der Waals surface area (Å²) in [4.78, 5) is 2.40. The van der Waals surface area contributed by atoms with Crippen molar-refractivity contribution >= 4 is 0 Å². The summed E-state index contributed by atoms with van der Waals surface area (Å²) in [7, 11) is 2.20. The van der Waals surface area contributed by atoms with Crippen LogP contribution >= 0.6 is 0 Å². The molecule has 0 radical (unpaired) electrons. The third kappa shape index (κ3) is 6.18. The first-order valence-corrected chi connectivity index (χ1v) is 6.86. The van der Waals surface area contributed by atoms with Gasteiger partial charge in [-0.05, 0) is 65.4 Å². The topological polar surface area (TPSA) is 15.3 Å². The summed E-state index contributed by atoms with van der Waals surface area (Å²) in [5, 5.41) is 3.53. The normalized spacial score (nSPS) is 12.1. The van der Waals surface area contributed by atoms with Crippen molar-refractivity contribution in [3.05, 3.63) is 35.4 Å². The molecule has 0 aliphatic rings. The molecule has 0 atom stereocenters. The van der Waals surface area contributed by atoms with Gasteiger partial charge in [0.2, 0.25) is 0 Å². The van der Waals surface area contributed by atoms with Crippen molar-refractivity contribution in [2.75, 3.05) is 20.1 Å². The van der Waals surface area contributed by atoms with Crippen LogP contribution in [0, 0.1) is 6.92 Å². The van der Waals surface area contributed by atoms with Crippen LogP contribution in [0.5, 0.6) is 0 Å². The van der Waals surface area contributed by atoms with Gasteiger partial charge in [-0.15, -0.1) is 0 Å². The summed E-state index contributed by atoms with van der Waals surface area (Å²) in [5.74, 6) is 0. The summed E-state index contributed by atoms with van der Waals surface area (Å²) >= 11 is 0.